The summed E-state index contributed by atoms with van der Waals surface area (Å²) in [4.78, 5) is 38.0. The molecule has 0 aromatic carbocycles. The molecular formula is C24H27N5O3. The summed E-state index contributed by atoms with van der Waals surface area (Å²) in [5, 5.41) is 2.99. The van der Waals surface area contributed by atoms with E-state index in [1.54, 1.807) is 19.2 Å². The van der Waals surface area contributed by atoms with Crippen LogP contribution in [-0.4, -0.2) is 50.5 Å². The first-order valence-electron chi connectivity index (χ1n) is 11.1. The zero-order chi connectivity index (χ0) is 22.2. The first-order valence-corrected chi connectivity index (χ1v) is 11.1. The predicted molar refractivity (Wildman–Crippen MR) is 121 cm³/mol. The Morgan fingerprint density at radius 2 is 2.09 bits per heavy atom. The normalized spacial score (nSPS) is 21.1. The highest BCUT2D eigenvalue weighted by molar-refractivity contribution is 5.92. The van der Waals surface area contributed by atoms with Gasteiger partial charge in [-0.1, -0.05) is 0 Å². The average Bonchev–Trinajstić information content (AvgIpc) is 2.76. The molecule has 2 fully saturated rings. The van der Waals surface area contributed by atoms with E-state index in [9.17, 15) is 9.59 Å². The van der Waals surface area contributed by atoms with Gasteiger partial charge in [-0.05, 0) is 62.9 Å². The van der Waals surface area contributed by atoms with E-state index in [4.69, 9.17) is 4.74 Å². The maximum Gasteiger partial charge on any atom is 0.270 e. The van der Waals surface area contributed by atoms with E-state index in [0.29, 0.717) is 23.0 Å². The minimum absolute atomic E-state index is 0.0577. The molecule has 1 saturated heterocycles. The van der Waals surface area contributed by atoms with E-state index < -0.39 is 0 Å². The van der Waals surface area contributed by atoms with Gasteiger partial charge < -0.3 is 15.0 Å². The quantitative estimate of drug-likeness (QED) is 0.620. The molecule has 2 aliphatic rings. The van der Waals surface area contributed by atoms with Gasteiger partial charge in [0.1, 0.15) is 17.5 Å². The summed E-state index contributed by atoms with van der Waals surface area (Å²) < 4.78 is 6.08. The number of hydrogen-bond acceptors (Lipinski definition) is 6. The van der Waals surface area contributed by atoms with Crippen LogP contribution in [0.25, 0.3) is 11.0 Å². The lowest BCUT2D eigenvalue weighted by atomic mass is 9.93. The van der Waals surface area contributed by atoms with Gasteiger partial charge in [0, 0.05) is 36.9 Å². The van der Waals surface area contributed by atoms with Crippen molar-refractivity contribution in [1.82, 2.24) is 25.2 Å². The Kier molecular flexibility index (Phi) is 5.38. The third-order valence-electron chi connectivity index (χ3n) is 6.55. The number of fused-ring (bicyclic) bond motifs is 1. The van der Waals surface area contributed by atoms with Crippen LogP contribution in [0.5, 0.6) is 5.75 Å². The van der Waals surface area contributed by atoms with Crippen LogP contribution >= 0.6 is 0 Å². The Bertz CT molecular complexity index is 1200. The number of rotatable bonds is 6. The monoisotopic (exact) mass is 433 g/mol. The molecule has 0 spiro atoms. The predicted octanol–water partition coefficient (Wildman–Crippen LogP) is 2.56. The number of aromatic amines is 1. The summed E-state index contributed by atoms with van der Waals surface area (Å²) in [6.07, 6.45) is 6.82. The van der Waals surface area contributed by atoms with E-state index in [2.05, 4.69) is 32.1 Å². The Labute approximate surface area is 186 Å². The van der Waals surface area contributed by atoms with Crippen LogP contribution in [0.4, 0.5) is 0 Å². The highest BCUT2D eigenvalue weighted by atomic mass is 16.5. The minimum atomic E-state index is -0.120. The van der Waals surface area contributed by atoms with Crippen molar-refractivity contribution in [3.8, 4) is 5.75 Å². The van der Waals surface area contributed by atoms with Gasteiger partial charge in [0.05, 0.1) is 17.2 Å². The molecule has 1 amide bonds. The van der Waals surface area contributed by atoms with Crippen molar-refractivity contribution < 1.29 is 9.53 Å². The summed E-state index contributed by atoms with van der Waals surface area (Å²) in [6.45, 7) is 5.43. The number of amides is 1. The second-order valence-electron chi connectivity index (χ2n) is 8.86. The lowest BCUT2D eigenvalue weighted by molar-refractivity contribution is -0.0415. The van der Waals surface area contributed by atoms with Gasteiger partial charge in [-0.2, -0.15) is 0 Å². The third-order valence-corrected chi connectivity index (χ3v) is 6.55. The van der Waals surface area contributed by atoms with Crippen molar-refractivity contribution in [2.24, 2.45) is 0 Å². The van der Waals surface area contributed by atoms with E-state index >= 15 is 0 Å². The maximum absolute atomic E-state index is 12.2. The molecule has 166 valence electrons. The average molecular weight is 434 g/mol. The number of carbonyl (C=O) groups excluding carboxylic acids is 1. The van der Waals surface area contributed by atoms with E-state index in [0.717, 1.165) is 42.5 Å². The SMILES string of the molecule is Cc1cc2ncc(CN3C[C@H](Oc4ccc(C(=O)NC5CCC5)nc4)[C@H]3C)cc2[nH]c1=O. The molecule has 1 aliphatic carbocycles. The highest BCUT2D eigenvalue weighted by Gasteiger charge is 2.37. The summed E-state index contributed by atoms with van der Waals surface area (Å²) >= 11 is 0. The topological polar surface area (TPSA) is 100 Å². The maximum atomic E-state index is 12.2. The van der Waals surface area contributed by atoms with Gasteiger partial charge in [-0.15, -0.1) is 0 Å². The number of aromatic nitrogens is 3. The van der Waals surface area contributed by atoms with Crippen LogP contribution in [0.2, 0.25) is 0 Å². The molecule has 8 nitrogen and oxygen atoms in total. The van der Waals surface area contributed by atoms with Gasteiger partial charge in [0.2, 0.25) is 0 Å². The van der Waals surface area contributed by atoms with Gasteiger partial charge in [0.25, 0.3) is 11.5 Å². The number of nitrogens with zero attached hydrogens (tertiary/aromatic N) is 3. The fourth-order valence-corrected chi connectivity index (χ4v) is 4.11. The van der Waals surface area contributed by atoms with E-state index in [-0.39, 0.29) is 23.6 Å². The number of nitrogens with one attached hydrogen (secondary N) is 2. The Morgan fingerprint density at radius 1 is 1.25 bits per heavy atom. The van der Waals surface area contributed by atoms with Gasteiger partial charge >= 0.3 is 0 Å². The third kappa shape index (κ3) is 4.10. The molecule has 2 atom stereocenters. The number of likely N-dealkylation sites (tertiary alicyclic amines) is 1. The van der Waals surface area contributed by atoms with Crippen molar-refractivity contribution in [2.75, 3.05) is 6.54 Å². The standard InChI is InChI=1S/C24H27N5O3/c1-14-8-20-21(28-23(14)30)9-16(10-25-20)12-29-13-22(15(29)2)32-18-6-7-19(26-11-18)24(31)27-17-4-3-5-17/h6-11,15,17,22H,3-5,12-13H2,1-2H3,(H,27,31)(H,28,30)/t15-,22+/m1/s1. The van der Waals surface area contributed by atoms with Gasteiger partial charge in [-0.25, -0.2) is 4.98 Å². The number of hydrogen-bond donors (Lipinski definition) is 2. The van der Waals surface area contributed by atoms with Crippen molar-refractivity contribution >= 4 is 16.9 Å². The molecule has 0 bridgehead atoms. The van der Waals surface area contributed by atoms with Crippen LogP contribution in [-0.2, 0) is 6.54 Å². The molecule has 4 heterocycles. The van der Waals surface area contributed by atoms with E-state index in [1.807, 2.05) is 24.4 Å². The number of aryl methyl sites for hydroxylation is 1. The second-order valence-corrected chi connectivity index (χ2v) is 8.86. The number of pyridine rings is 3. The molecule has 3 aromatic heterocycles. The Morgan fingerprint density at radius 3 is 2.78 bits per heavy atom. The molecule has 0 radical (unpaired) electrons. The zero-order valence-corrected chi connectivity index (χ0v) is 18.3. The van der Waals surface area contributed by atoms with Crippen molar-refractivity contribution in [2.45, 2.75) is 57.8 Å². The number of carbonyl (C=O) groups is 1. The van der Waals surface area contributed by atoms with Gasteiger partial charge in [0.15, 0.2) is 0 Å². The van der Waals surface area contributed by atoms with Crippen molar-refractivity contribution in [3.05, 3.63) is 63.8 Å². The lowest BCUT2D eigenvalue weighted by Gasteiger charge is -2.45. The zero-order valence-electron chi connectivity index (χ0n) is 18.3. The van der Waals surface area contributed by atoms with Crippen LogP contribution < -0.4 is 15.6 Å². The molecule has 32 heavy (non-hydrogen) atoms. The van der Waals surface area contributed by atoms with Gasteiger partial charge in [-0.3, -0.25) is 19.5 Å². The summed E-state index contributed by atoms with van der Waals surface area (Å²) in [5.41, 5.74) is 3.60. The van der Waals surface area contributed by atoms with E-state index in [1.165, 1.54) is 6.42 Å². The molecular weight excluding hydrogens is 406 g/mol. The first-order chi connectivity index (χ1) is 15.5. The number of ether oxygens (including phenoxy) is 1. The fourth-order valence-electron chi connectivity index (χ4n) is 4.11. The van der Waals surface area contributed by atoms with Crippen LogP contribution in [0, 0.1) is 6.92 Å². The first kappa shape index (κ1) is 20.6. The molecule has 2 N–H and O–H groups in total. The molecule has 1 saturated carbocycles. The molecule has 8 heteroatoms. The molecule has 1 aliphatic heterocycles. The lowest BCUT2D eigenvalue weighted by Crippen LogP contribution is -2.60. The summed E-state index contributed by atoms with van der Waals surface area (Å²) in [6, 6.07) is 7.84. The Balaban J connectivity index is 1.16. The minimum Gasteiger partial charge on any atom is -0.486 e. The Hall–Kier alpha value is -3.26. The summed E-state index contributed by atoms with van der Waals surface area (Å²) in [5.74, 6) is 0.548. The van der Waals surface area contributed by atoms with Crippen molar-refractivity contribution in [3.63, 3.8) is 0 Å². The summed E-state index contributed by atoms with van der Waals surface area (Å²) in [7, 11) is 0. The smallest absolute Gasteiger partial charge is 0.270 e. The van der Waals surface area contributed by atoms with Crippen molar-refractivity contribution in [1.29, 1.82) is 0 Å². The fraction of sp³-hybridized carbons (Fsp3) is 0.417. The van der Waals surface area contributed by atoms with Crippen LogP contribution in [0.1, 0.15) is 47.8 Å². The molecule has 0 unspecified atom stereocenters. The second kappa shape index (κ2) is 8.35. The number of H-pyrrole nitrogens is 1. The molecule has 3 aromatic rings. The molecule has 5 rings (SSSR count). The highest BCUT2D eigenvalue weighted by Crippen LogP contribution is 2.26. The van der Waals surface area contributed by atoms with Crippen LogP contribution in [0.3, 0.4) is 0 Å². The largest absolute Gasteiger partial charge is 0.486 e. The van der Waals surface area contributed by atoms with Crippen LogP contribution in [0.15, 0.2) is 41.5 Å².